The number of rotatable bonds is 6. The number of piperidine rings is 1. The maximum atomic E-state index is 11.3. The second kappa shape index (κ2) is 7.84. The molecule has 5 heteroatoms. The molecule has 0 amide bonds. The third-order valence-corrected chi connectivity index (χ3v) is 5.50. The molecule has 1 N–H and O–H groups in total. The lowest BCUT2D eigenvalue weighted by Gasteiger charge is -2.26. The number of benzene rings is 1. The second-order valence-electron chi connectivity index (χ2n) is 8.59. The molecule has 3 heterocycles. The standard InChI is InChI=1S/C23H28N4O/c1-23(2,16-28)12-19-13-24-22-21(19)26-20(14-25-22)18-8-6-7-17(11-18)15-27-9-4-3-5-10-27/h6-8,11,13-14,16H,3-5,9-10,12,15H2,1-2H3,(H,24,25). The Kier molecular flexibility index (Phi) is 5.27. The lowest BCUT2D eigenvalue weighted by molar-refractivity contribution is -0.114. The number of fused-ring (bicyclic) bond motifs is 1. The minimum absolute atomic E-state index is 0.416. The maximum absolute atomic E-state index is 11.3. The number of aldehydes is 1. The summed E-state index contributed by atoms with van der Waals surface area (Å²) >= 11 is 0. The average Bonchev–Trinajstić information content (AvgIpc) is 3.10. The number of H-pyrrole nitrogens is 1. The van der Waals surface area contributed by atoms with Gasteiger partial charge in [-0.15, -0.1) is 0 Å². The van der Waals surface area contributed by atoms with Gasteiger partial charge in [0.05, 0.1) is 11.9 Å². The van der Waals surface area contributed by atoms with Crippen molar-refractivity contribution in [3.8, 4) is 11.3 Å². The Balaban J connectivity index is 1.61. The number of hydrogen-bond acceptors (Lipinski definition) is 4. The van der Waals surface area contributed by atoms with Crippen molar-refractivity contribution in [1.82, 2.24) is 19.9 Å². The number of hydrogen-bond donors (Lipinski definition) is 1. The molecule has 0 saturated carbocycles. The van der Waals surface area contributed by atoms with Crippen molar-refractivity contribution in [2.75, 3.05) is 13.1 Å². The number of nitrogens with zero attached hydrogens (tertiary/aromatic N) is 3. The van der Waals surface area contributed by atoms with Crippen molar-refractivity contribution < 1.29 is 4.79 Å². The highest BCUT2D eigenvalue weighted by Gasteiger charge is 2.20. The molecular weight excluding hydrogens is 348 g/mol. The van der Waals surface area contributed by atoms with E-state index < -0.39 is 5.41 Å². The van der Waals surface area contributed by atoms with Crippen LogP contribution < -0.4 is 0 Å². The van der Waals surface area contributed by atoms with Crippen molar-refractivity contribution in [2.24, 2.45) is 5.41 Å². The third-order valence-electron chi connectivity index (χ3n) is 5.50. The van der Waals surface area contributed by atoms with Crippen LogP contribution in [0, 0.1) is 5.41 Å². The van der Waals surface area contributed by atoms with Gasteiger partial charge in [-0.1, -0.05) is 38.5 Å². The molecule has 2 aromatic heterocycles. The zero-order chi connectivity index (χ0) is 19.6. The Morgan fingerprint density at radius 1 is 1.21 bits per heavy atom. The zero-order valence-corrected chi connectivity index (χ0v) is 16.7. The molecule has 5 nitrogen and oxygen atoms in total. The van der Waals surface area contributed by atoms with Gasteiger partial charge in [0, 0.05) is 23.7 Å². The second-order valence-corrected chi connectivity index (χ2v) is 8.59. The molecule has 0 unspecified atom stereocenters. The number of aromatic amines is 1. The van der Waals surface area contributed by atoms with Crippen LogP contribution in [0.15, 0.2) is 36.7 Å². The summed E-state index contributed by atoms with van der Waals surface area (Å²) < 4.78 is 0. The molecule has 3 aromatic rings. The maximum Gasteiger partial charge on any atom is 0.156 e. The third kappa shape index (κ3) is 4.14. The summed E-state index contributed by atoms with van der Waals surface area (Å²) in [5.74, 6) is 0. The minimum Gasteiger partial charge on any atom is -0.345 e. The van der Waals surface area contributed by atoms with Crippen LogP contribution >= 0.6 is 0 Å². The molecule has 4 rings (SSSR count). The predicted molar refractivity (Wildman–Crippen MR) is 112 cm³/mol. The van der Waals surface area contributed by atoms with Crippen LogP contribution in [0.3, 0.4) is 0 Å². The van der Waals surface area contributed by atoms with E-state index in [0.717, 1.165) is 40.8 Å². The highest BCUT2D eigenvalue weighted by atomic mass is 16.1. The van der Waals surface area contributed by atoms with Gasteiger partial charge in [0.1, 0.15) is 11.8 Å². The fraction of sp³-hybridized carbons (Fsp3) is 0.435. The van der Waals surface area contributed by atoms with E-state index in [1.54, 1.807) is 0 Å². The lowest BCUT2D eigenvalue weighted by Crippen LogP contribution is -2.29. The van der Waals surface area contributed by atoms with Crippen LogP contribution in [-0.4, -0.2) is 39.2 Å². The van der Waals surface area contributed by atoms with E-state index in [1.165, 1.54) is 37.9 Å². The lowest BCUT2D eigenvalue weighted by atomic mass is 9.88. The Morgan fingerprint density at radius 3 is 2.82 bits per heavy atom. The zero-order valence-electron chi connectivity index (χ0n) is 16.7. The first-order valence-corrected chi connectivity index (χ1v) is 10.2. The normalized spacial score (nSPS) is 15.8. The first kappa shape index (κ1) is 18.8. The molecular formula is C23H28N4O. The fourth-order valence-electron chi connectivity index (χ4n) is 3.95. The van der Waals surface area contributed by atoms with Gasteiger partial charge in [0.15, 0.2) is 5.65 Å². The van der Waals surface area contributed by atoms with Crippen molar-refractivity contribution in [3.63, 3.8) is 0 Å². The largest absolute Gasteiger partial charge is 0.345 e. The number of carbonyl (C=O) groups excluding carboxylic acids is 1. The van der Waals surface area contributed by atoms with Crippen LogP contribution in [0.25, 0.3) is 22.4 Å². The first-order chi connectivity index (χ1) is 13.5. The summed E-state index contributed by atoms with van der Waals surface area (Å²) in [6.45, 7) is 7.26. The molecule has 0 bridgehead atoms. The molecule has 1 aliphatic rings. The van der Waals surface area contributed by atoms with Gasteiger partial charge in [0.25, 0.3) is 0 Å². The van der Waals surface area contributed by atoms with E-state index in [-0.39, 0.29) is 0 Å². The summed E-state index contributed by atoms with van der Waals surface area (Å²) in [5.41, 5.74) is 5.52. The predicted octanol–water partition coefficient (Wildman–Crippen LogP) is 4.38. The van der Waals surface area contributed by atoms with Crippen LogP contribution in [0.4, 0.5) is 0 Å². The molecule has 28 heavy (non-hydrogen) atoms. The van der Waals surface area contributed by atoms with Crippen LogP contribution in [-0.2, 0) is 17.8 Å². The van der Waals surface area contributed by atoms with Gasteiger partial charge in [-0.25, -0.2) is 9.97 Å². The summed E-state index contributed by atoms with van der Waals surface area (Å²) in [7, 11) is 0. The number of likely N-dealkylation sites (tertiary alicyclic amines) is 1. The fourth-order valence-corrected chi connectivity index (χ4v) is 3.95. The van der Waals surface area contributed by atoms with Gasteiger partial charge >= 0.3 is 0 Å². The first-order valence-electron chi connectivity index (χ1n) is 10.2. The molecule has 0 atom stereocenters. The molecule has 1 aliphatic heterocycles. The SMILES string of the molecule is CC(C)(C=O)Cc1c[nH]c2ncc(-c3cccc(CN4CCCCC4)c3)nc12. The van der Waals surface area contributed by atoms with Gasteiger partial charge < -0.3 is 9.78 Å². The van der Waals surface area contributed by atoms with Crippen molar-refractivity contribution in [1.29, 1.82) is 0 Å². The van der Waals surface area contributed by atoms with Crippen molar-refractivity contribution >= 4 is 17.5 Å². The van der Waals surface area contributed by atoms with Gasteiger partial charge in [0.2, 0.25) is 0 Å². The molecule has 1 fully saturated rings. The van der Waals surface area contributed by atoms with Gasteiger partial charge in [-0.3, -0.25) is 4.90 Å². The van der Waals surface area contributed by atoms with Gasteiger partial charge in [-0.2, -0.15) is 0 Å². The Hall–Kier alpha value is -2.53. The summed E-state index contributed by atoms with van der Waals surface area (Å²) in [4.78, 5) is 26.5. The van der Waals surface area contributed by atoms with Crippen LogP contribution in [0.2, 0.25) is 0 Å². The van der Waals surface area contributed by atoms with Crippen molar-refractivity contribution in [2.45, 2.75) is 46.1 Å². The average molecular weight is 377 g/mol. The topological polar surface area (TPSA) is 61.9 Å². The number of aromatic nitrogens is 3. The van der Waals surface area contributed by atoms with E-state index >= 15 is 0 Å². The summed E-state index contributed by atoms with van der Waals surface area (Å²) in [6, 6.07) is 8.62. The quantitative estimate of drug-likeness (QED) is 0.649. The van der Waals surface area contributed by atoms with E-state index in [0.29, 0.717) is 6.42 Å². The summed E-state index contributed by atoms with van der Waals surface area (Å²) in [5, 5.41) is 0. The molecule has 0 aliphatic carbocycles. The van der Waals surface area contributed by atoms with Crippen molar-refractivity contribution in [3.05, 3.63) is 47.8 Å². The highest BCUT2D eigenvalue weighted by molar-refractivity contribution is 5.78. The number of nitrogens with one attached hydrogen (secondary N) is 1. The Labute approximate surface area is 166 Å². The molecule has 146 valence electrons. The monoisotopic (exact) mass is 376 g/mol. The Bertz CT molecular complexity index is 970. The highest BCUT2D eigenvalue weighted by Crippen LogP contribution is 2.26. The molecule has 1 saturated heterocycles. The minimum atomic E-state index is -0.416. The Morgan fingerprint density at radius 2 is 2.04 bits per heavy atom. The van der Waals surface area contributed by atoms with Crippen LogP contribution in [0.5, 0.6) is 0 Å². The molecule has 1 aromatic carbocycles. The van der Waals surface area contributed by atoms with Gasteiger partial charge in [-0.05, 0) is 49.5 Å². The molecule has 0 spiro atoms. The van der Waals surface area contributed by atoms with E-state index in [2.05, 4.69) is 39.1 Å². The summed E-state index contributed by atoms with van der Waals surface area (Å²) in [6.07, 6.45) is 9.35. The van der Waals surface area contributed by atoms with E-state index in [4.69, 9.17) is 4.98 Å². The van der Waals surface area contributed by atoms with Crippen LogP contribution in [0.1, 0.15) is 44.2 Å². The number of carbonyl (C=O) groups is 1. The van der Waals surface area contributed by atoms with E-state index in [1.807, 2.05) is 26.2 Å². The molecule has 0 radical (unpaired) electrons. The van der Waals surface area contributed by atoms with E-state index in [9.17, 15) is 4.79 Å². The smallest absolute Gasteiger partial charge is 0.156 e.